The SMILES string of the molecule is Cc1ccc(C)c(S(=O)(=O)NCCCc2ccc(NS(C)(=O)=O)cc2)c1. The fourth-order valence-corrected chi connectivity index (χ4v) is 4.49. The molecule has 0 aliphatic carbocycles. The Hall–Kier alpha value is -1.90. The molecule has 0 spiro atoms. The van der Waals surface area contributed by atoms with Crippen molar-refractivity contribution in [3.63, 3.8) is 0 Å². The van der Waals surface area contributed by atoms with Crippen LogP contribution in [0.15, 0.2) is 47.4 Å². The first-order valence-corrected chi connectivity index (χ1v) is 11.6. The van der Waals surface area contributed by atoms with Gasteiger partial charge in [0.25, 0.3) is 0 Å². The quantitative estimate of drug-likeness (QED) is 0.671. The van der Waals surface area contributed by atoms with Gasteiger partial charge in [-0.25, -0.2) is 21.6 Å². The van der Waals surface area contributed by atoms with E-state index in [4.69, 9.17) is 0 Å². The Kier molecular flexibility index (Phi) is 6.44. The standard InChI is InChI=1S/C18H24N2O4S2/c1-14-6-7-15(2)18(13-14)26(23,24)19-12-4-5-16-8-10-17(11-9-16)20-25(3,21)22/h6-11,13,19-20H,4-5,12H2,1-3H3. The van der Waals surface area contributed by atoms with Crippen LogP contribution in [0.2, 0.25) is 0 Å². The van der Waals surface area contributed by atoms with E-state index in [0.717, 1.165) is 22.9 Å². The predicted octanol–water partition coefficient (Wildman–Crippen LogP) is 2.59. The molecular formula is C18H24N2O4S2. The van der Waals surface area contributed by atoms with Crippen molar-refractivity contribution in [1.82, 2.24) is 4.72 Å². The Labute approximate surface area is 155 Å². The zero-order valence-corrected chi connectivity index (χ0v) is 16.7. The van der Waals surface area contributed by atoms with Crippen LogP contribution in [-0.4, -0.2) is 29.6 Å². The first-order chi connectivity index (χ1) is 12.1. The molecule has 0 bridgehead atoms. The summed E-state index contributed by atoms with van der Waals surface area (Å²) >= 11 is 0. The summed E-state index contributed by atoms with van der Waals surface area (Å²) in [5.41, 5.74) is 3.14. The fourth-order valence-electron chi connectivity index (χ4n) is 2.53. The van der Waals surface area contributed by atoms with Crippen molar-refractivity contribution in [2.24, 2.45) is 0 Å². The highest BCUT2D eigenvalue weighted by atomic mass is 32.2. The molecule has 0 aliphatic heterocycles. The third-order valence-corrected chi connectivity index (χ3v) is 6.03. The van der Waals surface area contributed by atoms with E-state index in [-0.39, 0.29) is 0 Å². The van der Waals surface area contributed by atoms with Gasteiger partial charge in [0, 0.05) is 12.2 Å². The molecule has 0 saturated heterocycles. The molecule has 0 atom stereocenters. The summed E-state index contributed by atoms with van der Waals surface area (Å²) in [5, 5.41) is 0. The monoisotopic (exact) mass is 396 g/mol. The lowest BCUT2D eigenvalue weighted by atomic mass is 10.1. The molecule has 2 N–H and O–H groups in total. The third-order valence-electron chi connectivity index (χ3n) is 3.82. The van der Waals surface area contributed by atoms with Crippen molar-refractivity contribution in [2.45, 2.75) is 31.6 Å². The number of aryl methyl sites for hydroxylation is 3. The van der Waals surface area contributed by atoms with Crippen molar-refractivity contribution in [3.8, 4) is 0 Å². The van der Waals surface area contributed by atoms with Crippen LogP contribution in [0.4, 0.5) is 5.69 Å². The lowest BCUT2D eigenvalue weighted by Crippen LogP contribution is -2.25. The maximum Gasteiger partial charge on any atom is 0.240 e. The molecule has 0 radical (unpaired) electrons. The van der Waals surface area contributed by atoms with Gasteiger partial charge < -0.3 is 0 Å². The van der Waals surface area contributed by atoms with Crippen LogP contribution < -0.4 is 9.44 Å². The second-order valence-corrected chi connectivity index (χ2v) is 9.83. The van der Waals surface area contributed by atoms with E-state index in [1.54, 1.807) is 31.2 Å². The van der Waals surface area contributed by atoms with E-state index in [0.29, 0.717) is 30.0 Å². The number of rotatable bonds is 8. The molecule has 0 unspecified atom stereocenters. The molecule has 0 fully saturated rings. The van der Waals surface area contributed by atoms with Gasteiger partial charge in [-0.3, -0.25) is 4.72 Å². The Morgan fingerprint density at radius 2 is 1.58 bits per heavy atom. The van der Waals surface area contributed by atoms with Crippen LogP contribution in [0.5, 0.6) is 0 Å². The van der Waals surface area contributed by atoms with Gasteiger partial charge in [-0.05, 0) is 61.6 Å². The summed E-state index contributed by atoms with van der Waals surface area (Å²) in [6.45, 7) is 3.97. The number of sulfonamides is 2. The summed E-state index contributed by atoms with van der Waals surface area (Å²) in [4.78, 5) is 0.314. The first kappa shape index (κ1) is 20.4. The van der Waals surface area contributed by atoms with E-state index in [1.165, 1.54) is 0 Å². The molecule has 0 aromatic heterocycles. The highest BCUT2D eigenvalue weighted by Gasteiger charge is 2.16. The maximum atomic E-state index is 12.4. The molecule has 6 nitrogen and oxygen atoms in total. The Balaban J connectivity index is 1.89. The van der Waals surface area contributed by atoms with Gasteiger partial charge in [0.2, 0.25) is 20.0 Å². The third kappa shape index (κ3) is 6.12. The van der Waals surface area contributed by atoms with Gasteiger partial charge in [-0.1, -0.05) is 24.3 Å². The topological polar surface area (TPSA) is 92.3 Å². The Morgan fingerprint density at radius 1 is 0.923 bits per heavy atom. The van der Waals surface area contributed by atoms with Crippen LogP contribution in [0.3, 0.4) is 0 Å². The molecule has 8 heteroatoms. The van der Waals surface area contributed by atoms with E-state index < -0.39 is 20.0 Å². The highest BCUT2D eigenvalue weighted by Crippen LogP contribution is 2.17. The van der Waals surface area contributed by atoms with E-state index >= 15 is 0 Å². The van der Waals surface area contributed by atoms with Crippen molar-refractivity contribution < 1.29 is 16.8 Å². The molecule has 2 aromatic carbocycles. The molecule has 0 aliphatic rings. The molecule has 2 aromatic rings. The number of anilines is 1. The lowest BCUT2D eigenvalue weighted by molar-refractivity contribution is 0.578. The Morgan fingerprint density at radius 3 is 2.19 bits per heavy atom. The summed E-state index contributed by atoms with van der Waals surface area (Å²) in [6.07, 6.45) is 2.43. The number of nitrogens with one attached hydrogen (secondary N) is 2. The predicted molar refractivity (Wildman–Crippen MR) is 104 cm³/mol. The Bertz CT molecular complexity index is 967. The van der Waals surface area contributed by atoms with Crippen LogP contribution in [-0.2, 0) is 26.5 Å². The van der Waals surface area contributed by atoms with Gasteiger partial charge in [0.1, 0.15) is 0 Å². The van der Waals surface area contributed by atoms with Crippen molar-refractivity contribution >= 4 is 25.7 Å². The van der Waals surface area contributed by atoms with Crippen molar-refractivity contribution in [1.29, 1.82) is 0 Å². The molecule has 26 heavy (non-hydrogen) atoms. The van der Waals surface area contributed by atoms with E-state index in [2.05, 4.69) is 9.44 Å². The number of hydrogen-bond donors (Lipinski definition) is 2. The van der Waals surface area contributed by atoms with E-state index in [9.17, 15) is 16.8 Å². The van der Waals surface area contributed by atoms with Gasteiger partial charge in [0.15, 0.2) is 0 Å². The maximum absolute atomic E-state index is 12.4. The minimum Gasteiger partial charge on any atom is -0.284 e. The van der Waals surface area contributed by atoms with Gasteiger partial charge in [-0.2, -0.15) is 0 Å². The molecule has 0 amide bonds. The number of benzene rings is 2. The minimum atomic E-state index is -3.52. The van der Waals surface area contributed by atoms with Crippen LogP contribution in [0.25, 0.3) is 0 Å². The van der Waals surface area contributed by atoms with Gasteiger partial charge in [-0.15, -0.1) is 0 Å². The summed E-state index contributed by atoms with van der Waals surface area (Å²) in [7, 11) is -6.81. The minimum absolute atomic E-state index is 0.314. The zero-order chi connectivity index (χ0) is 19.4. The largest absolute Gasteiger partial charge is 0.284 e. The van der Waals surface area contributed by atoms with Crippen molar-refractivity contribution in [2.75, 3.05) is 17.5 Å². The normalized spacial score (nSPS) is 12.1. The first-order valence-electron chi connectivity index (χ1n) is 8.20. The highest BCUT2D eigenvalue weighted by molar-refractivity contribution is 7.92. The van der Waals surface area contributed by atoms with E-state index in [1.807, 2.05) is 25.1 Å². The average Bonchev–Trinajstić information content (AvgIpc) is 2.54. The number of hydrogen-bond acceptors (Lipinski definition) is 4. The van der Waals surface area contributed by atoms with Crippen LogP contribution in [0.1, 0.15) is 23.1 Å². The molecule has 142 valence electrons. The average molecular weight is 397 g/mol. The summed E-state index contributed by atoms with van der Waals surface area (Å²) < 4.78 is 52.2. The summed E-state index contributed by atoms with van der Waals surface area (Å²) in [6, 6.07) is 12.4. The van der Waals surface area contributed by atoms with Crippen LogP contribution in [0, 0.1) is 13.8 Å². The molecular weight excluding hydrogens is 372 g/mol. The molecule has 0 heterocycles. The molecule has 2 rings (SSSR count). The molecule has 0 saturated carbocycles. The smallest absolute Gasteiger partial charge is 0.240 e. The van der Waals surface area contributed by atoms with Gasteiger partial charge in [0.05, 0.1) is 11.2 Å². The van der Waals surface area contributed by atoms with Gasteiger partial charge >= 0.3 is 0 Å². The second-order valence-electron chi connectivity index (χ2n) is 6.34. The fraction of sp³-hybridized carbons (Fsp3) is 0.333. The second kappa shape index (κ2) is 8.20. The summed E-state index contributed by atoms with van der Waals surface area (Å²) in [5.74, 6) is 0. The lowest BCUT2D eigenvalue weighted by Gasteiger charge is -2.10. The van der Waals surface area contributed by atoms with Crippen molar-refractivity contribution in [3.05, 3.63) is 59.2 Å². The van der Waals surface area contributed by atoms with Crippen LogP contribution >= 0.6 is 0 Å². The zero-order valence-electron chi connectivity index (χ0n) is 15.1.